The van der Waals surface area contributed by atoms with Gasteiger partial charge in [0, 0.05) is 30.7 Å². The smallest absolute Gasteiger partial charge is 0.427 e. The maximum atomic E-state index is 13.4. The van der Waals surface area contributed by atoms with E-state index in [9.17, 15) is 22.0 Å². The molecule has 146 valence electrons. The molecule has 1 heterocycles. The molecule has 1 aliphatic rings. The van der Waals surface area contributed by atoms with Crippen molar-refractivity contribution in [2.75, 3.05) is 26.2 Å². The lowest BCUT2D eigenvalue weighted by atomic mass is 10.2. The van der Waals surface area contributed by atoms with Gasteiger partial charge >= 0.3 is 6.16 Å². The van der Waals surface area contributed by atoms with Gasteiger partial charge in [0.2, 0.25) is 10.0 Å². The highest BCUT2D eigenvalue weighted by Gasteiger charge is 2.32. The summed E-state index contributed by atoms with van der Waals surface area (Å²) in [6.07, 6.45) is -0.878. The summed E-state index contributed by atoms with van der Waals surface area (Å²) in [5.74, 6) is -2.40. The molecule has 2 rings (SSSR count). The Hall–Kier alpha value is -1.30. The number of carbonyl (C=O) groups is 1. The molecular formula is C15H19BrF2N2O5S. The van der Waals surface area contributed by atoms with E-state index in [2.05, 4.69) is 15.9 Å². The number of piperazine rings is 1. The molecule has 0 bridgehead atoms. The van der Waals surface area contributed by atoms with Crippen LogP contribution in [0.3, 0.4) is 0 Å². The van der Waals surface area contributed by atoms with Crippen LogP contribution in [0.5, 0.6) is 0 Å². The fraction of sp³-hybridized carbons (Fsp3) is 0.533. The molecule has 0 atom stereocenters. The summed E-state index contributed by atoms with van der Waals surface area (Å²) in [5.41, 5.74) is -0.707. The molecular weight excluding hydrogens is 438 g/mol. The lowest BCUT2D eigenvalue weighted by Crippen LogP contribution is -2.49. The van der Waals surface area contributed by atoms with Crippen LogP contribution in [0.25, 0.3) is 0 Å². The highest BCUT2D eigenvalue weighted by molar-refractivity contribution is 9.10. The normalized spacial score (nSPS) is 17.2. The Morgan fingerprint density at radius 3 is 2.19 bits per heavy atom. The van der Waals surface area contributed by atoms with Crippen LogP contribution in [-0.2, 0) is 19.6 Å². The van der Waals surface area contributed by atoms with E-state index in [0.29, 0.717) is 6.07 Å². The number of sulfonamides is 1. The Morgan fingerprint density at radius 1 is 1.12 bits per heavy atom. The SMILES string of the molecule is CC(C)(C)OC(=O)ON1CCN(S(=O)(=O)c2cc(F)c(F)cc2Br)CC1. The van der Waals surface area contributed by atoms with E-state index in [-0.39, 0.29) is 35.5 Å². The number of halogens is 3. The predicted molar refractivity (Wildman–Crippen MR) is 91.7 cm³/mol. The first kappa shape index (κ1) is 21.0. The molecule has 1 fully saturated rings. The largest absolute Gasteiger partial charge is 0.528 e. The predicted octanol–water partition coefficient (Wildman–Crippen LogP) is 2.90. The molecule has 0 unspecified atom stereocenters. The zero-order valence-corrected chi connectivity index (χ0v) is 16.9. The van der Waals surface area contributed by atoms with Crippen molar-refractivity contribution in [3.8, 4) is 0 Å². The molecule has 1 aliphatic heterocycles. The summed E-state index contributed by atoms with van der Waals surface area (Å²) in [5, 5.41) is 1.29. The molecule has 11 heteroatoms. The van der Waals surface area contributed by atoms with Gasteiger partial charge in [0.15, 0.2) is 11.6 Å². The van der Waals surface area contributed by atoms with Crippen LogP contribution in [0.4, 0.5) is 13.6 Å². The molecule has 0 radical (unpaired) electrons. The Labute approximate surface area is 159 Å². The van der Waals surface area contributed by atoms with Crippen molar-refractivity contribution in [1.29, 1.82) is 0 Å². The van der Waals surface area contributed by atoms with Crippen molar-refractivity contribution in [2.24, 2.45) is 0 Å². The first-order valence-electron chi connectivity index (χ1n) is 7.71. The lowest BCUT2D eigenvalue weighted by molar-refractivity contribution is -0.152. The number of hydrogen-bond acceptors (Lipinski definition) is 6. The number of hydrogen-bond donors (Lipinski definition) is 0. The van der Waals surface area contributed by atoms with Crippen molar-refractivity contribution in [1.82, 2.24) is 9.37 Å². The van der Waals surface area contributed by atoms with E-state index in [0.717, 1.165) is 10.4 Å². The van der Waals surface area contributed by atoms with Crippen LogP contribution in [0, 0.1) is 11.6 Å². The minimum Gasteiger partial charge on any atom is -0.427 e. The second kappa shape index (κ2) is 7.75. The number of ether oxygens (including phenoxy) is 1. The molecule has 0 aliphatic carbocycles. The molecule has 26 heavy (non-hydrogen) atoms. The summed E-state index contributed by atoms with van der Waals surface area (Å²) in [6, 6.07) is 1.41. The zero-order chi connectivity index (χ0) is 19.7. The number of benzene rings is 1. The topological polar surface area (TPSA) is 76.2 Å². The van der Waals surface area contributed by atoms with Crippen molar-refractivity contribution in [2.45, 2.75) is 31.3 Å². The number of nitrogens with zero attached hydrogens (tertiary/aromatic N) is 2. The maximum absolute atomic E-state index is 13.4. The summed E-state index contributed by atoms with van der Waals surface area (Å²) in [6.45, 7) is 5.32. The quantitative estimate of drug-likeness (QED) is 0.514. The highest BCUT2D eigenvalue weighted by atomic mass is 79.9. The summed E-state index contributed by atoms with van der Waals surface area (Å²) < 4.78 is 58.0. The van der Waals surface area contributed by atoms with E-state index >= 15 is 0 Å². The molecule has 1 saturated heterocycles. The van der Waals surface area contributed by atoms with Gasteiger partial charge in [-0.25, -0.2) is 22.0 Å². The van der Waals surface area contributed by atoms with Crippen molar-refractivity contribution < 1.29 is 31.6 Å². The van der Waals surface area contributed by atoms with Crippen LogP contribution in [0.15, 0.2) is 21.5 Å². The first-order valence-corrected chi connectivity index (χ1v) is 9.94. The third-order valence-electron chi connectivity index (χ3n) is 3.38. The van der Waals surface area contributed by atoms with Crippen molar-refractivity contribution in [3.63, 3.8) is 0 Å². The summed E-state index contributed by atoms with van der Waals surface area (Å²) >= 11 is 2.95. The van der Waals surface area contributed by atoms with Gasteiger partial charge in [0.1, 0.15) is 5.60 Å². The molecule has 0 amide bonds. The lowest BCUT2D eigenvalue weighted by Gasteiger charge is -2.33. The van der Waals surface area contributed by atoms with Crippen LogP contribution >= 0.6 is 15.9 Å². The Bertz CT molecular complexity index is 790. The molecule has 0 spiro atoms. The van der Waals surface area contributed by atoms with Crippen LogP contribution in [0.2, 0.25) is 0 Å². The molecule has 1 aromatic rings. The second-order valence-corrected chi connectivity index (χ2v) is 9.35. The summed E-state index contributed by atoms with van der Waals surface area (Å²) in [7, 11) is -4.03. The Balaban J connectivity index is 2.03. The first-order chi connectivity index (χ1) is 11.9. The van der Waals surface area contributed by atoms with Gasteiger partial charge in [0.25, 0.3) is 0 Å². The standard InChI is InChI=1S/C15H19BrF2N2O5S/c1-15(2,3)24-14(21)25-19-4-6-20(7-5-19)26(22,23)13-9-12(18)11(17)8-10(13)16/h8-9H,4-7H2,1-3H3. The van der Waals surface area contributed by atoms with Crippen LogP contribution in [-0.4, -0.2) is 55.7 Å². The molecule has 7 nitrogen and oxygen atoms in total. The number of hydroxylamine groups is 2. The Morgan fingerprint density at radius 2 is 1.65 bits per heavy atom. The fourth-order valence-corrected chi connectivity index (χ4v) is 4.63. The molecule has 1 aromatic carbocycles. The minimum absolute atomic E-state index is 0.0105. The average Bonchev–Trinajstić information content (AvgIpc) is 2.49. The van der Waals surface area contributed by atoms with Crippen molar-refractivity contribution in [3.05, 3.63) is 28.2 Å². The zero-order valence-electron chi connectivity index (χ0n) is 14.5. The fourth-order valence-electron chi connectivity index (χ4n) is 2.22. The third-order valence-corrected chi connectivity index (χ3v) is 6.24. The average molecular weight is 457 g/mol. The third kappa shape index (κ3) is 5.12. The maximum Gasteiger partial charge on any atom is 0.528 e. The molecule has 0 N–H and O–H groups in total. The van der Waals surface area contributed by atoms with Gasteiger partial charge in [-0.15, -0.1) is 5.06 Å². The highest BCUT2D eigenvalue weighted by Crippen LogP contribution is 2.28. The van der Waals surface area contributed by atoms with Gasteiger partial charge in [-0.2, -0.15) is 4.31 Å². The Kier molecular flexibility index (Phi) is 6.26. The van der Waals surface area contributed by atoms with Gasteiger partial charge in [0.05, 0.1) is 4.90 Å². The van der Waals surface area contributed by atoms with Crippen LogP contribution < -0.4 is 0 Å². The molecule has 0 aromatic heterocycles. The number of rotatable bonds is 3. The molecule has 0 saturated carbocycles. The van der Waals surface area contributed by atoms with Gasteiger partial charge in [-0.1, -0.05) is 0 Å². The monoisotopic (exact) mass is 456 g/mol. The minimum atomic E-state index is -4.03. The van der Waals surface area contributed by atoms with E-state index in [1.807, 2.05) is 0 Å². The van der Waals surface area contributed by atoms with Gasteiger partial charge < -0.3 is 9.57 Å². The van der Waals surface area contributed by atoms with Crippen molar-refractivity contribution >= 4 is 32.1 Å². The summed E-state index contributed by atoms with van der Waals surface area (Å²) in [4.78, 5) is 16.3. The van der Waals surface area contributed by atoms with E-state index in [4.69, 9.17) is 9.57 Å². The van der Waals surface area contributed by atoms with E-state index in [1.54, 1.807) is 20.8 Å². The van der Waals surface area contributed by atoms with Gasteiger partial charge in [-0.05, 0) is 48.8 Å². The second-order valence-electron chi connectivity index (χ2n) is 6.59. The van der Waals surface area contributed by atoms with Gasteiger partial charge in [-0.3, -0.25) is 0 Å². The number of carbonyl (C=O) groups excluding carboxylic acids is 1. The van der Waals surface area contributed by atoms with E-state index in [1.165, 1.54) is 5.06 Å². The van der Waals surface area contributed by atoms with Crippen LogP contribution in [0.1, 0.15) is 20.8 Å². The van der Waals surface area contributed by atoms with E-state index < -0.39 is 33.4 Å².